The number of ether oxygens (including phenoxy) is 1. The number of carbonyl (C=O) groups is 1. The van der Waals surface area contributed by atoms with E-state index in [1.807, 2.05) is 18.2 Å². The van der Waals surface area contributed by atoms with Gasteiger partial charge in [-0.2, -0.15) is 0 Å². The van der Waals surface area contributed by atoms with Crippen molar-refractivity contribution in [2.24, 2.45) is 5.73 Å². The van der Waals surface area contributed by atoms with Gasteiger partial charge in [0, 0.05) is 12.6 Å². The van der Waals surface area contributed by atoms with Gasteiger partial charge >= 0.3 is 0 Å². The van der Waals surface area contributed by atoms with Gasteiger partial charge in [0.2, 0.25) is 5.89 Å². The van der Waals surface area contributed by atoms with E-state index in [0.717, 1.165) is 11.3 Å². The first-order chi connectivity index (χ1) is 9.60. The Morgan fingerprint density at radius 3 is 2.95 bits per heavy atom. The standard InChI is InChI=1S/C14H15N3O3/c1-8-14(18)17(2)10-5-9(3-4-11(10)19-8)12-7-16-13(6-15)20-12/h3-5,7-8H,6,15H2,1-2H3. The van der Waals surface area contributed by atoms with Crippen LogP contribution >= 0.6 is 0 Å². The van der Waals surface area contributed by atoms with Crippen LogP contribution in [0.1, 0.15) is 12.8 Å². The summed E-state index contributed by atoms with van der Waals surface area (Å²) in [7, 11) is 1.73. The second-order valence-electron chi connectivity index (χ2n) is 4.66. The summed E-state index contributed by atoms with van der Waals surface area (Å²) in [5.74, 6) is 1.71. The molecule has 0 bridgehead atoms. The third-order valence-corrected chi connectivity index (χ3v) is 3.32. The summed E-state index contributed by atoms with van der Waals surface area (Å²) in [5, 5.41) is 0. The van der Waals surface area contributed by atoms with Crippen LogP contribution in [0.3, 0.4) is 0 Å². The first-order valence-electron chi connectivity index (χ1n) is 6.33. The number of likely N-dealkylation sites (N-methyl/N-ethyl adjacent to an activating group) is 1. The van der Waals surface area contributed by atoms with E-state index in [0.29, 0.717) is 17.4 Å². The number of nitrogens with zero attached hydrogens (tertiary/aromatic N) is 2. The molecule has 2 aromatic rings. The Morgan fingerprint density at radius 1 is 1.45 bits per heavy atom. The lowest BCUT2D eigenvalue weighted by Gasteiger charge is -2.30. The summed E-state index contributed by atoms with van der Waals surface area (Å²) < 4.78 is 11.1. The van der Waals surface area contributed by atoms with Crippen LogP contribution in [0.4, 0.5) is 5.69 Å². The van der Waals surface area contributed by atoms with Crippen LogP contribution < -0.4 is 15.4 Å². The van der Waals surface area contributed by atoms with E-state index in [9.17, 15) is 4.79 Å². The summed E-state index contributed by atoms with van der Waals surface area (Å²) in [6.45, 7) is 1.99. The Bertz CT molecular complexity index is 665. The summed E-state index contributed by atoms with van der Waals surface area (Å²) in [6.07, 6.45) is 1.16. The lowest BCUT2D eigenvalue weighted by molar-refractivity contribution is -0.125. The number of amides is 1. The van der Waals surface area contributed by atoms with Gasteiger partial charge in [-0.25, -0.2) is 4.98 Å². The summed E-state index contributed by atoms with van der Waals surface area (Å²) in [4.78, 5) is 17.6. The van der Waals surface area contributed by atoms with Crippen molar-refractivity contribution < 1.29 is 13.9 Å². The van der Waals surface area contributed by atoms with Crippen LogP contribution in [0.2, 0.25) is 0 Å². The van der Waals surface area contributed by atoms with E-state index < -0.39 is 6.10 Å². The molecule has 0 saturated carbocycles. The zero-order valence-corrected chi connectivity index (χ0v) is 11.3. The van der Waals surface area contributed by atoms with Gasteiger partial charge in [-0.1, -0.05) is 0 Å². The molecular weight excluding hydrogens is 258 g/mol. The van der Waals surface area contributed by atoms with Gasteiger partial charge in [0.05, 0.1) is 18.4 Å². The van der Waals surface area contributed by atoms with Crippen LogP contribution in [-0.4, -0.2) is 24.0 Å². The Kier molecular flexibility index (Phi) is 2.94. The van der Waals surface area contributed by atoms with Crippen molar-refractivity contribution in [2.75, 3.05) is 11.9 Å². The molecule has 1 aromatic heterocycles. The van der Waals surface area contributed by atoms with Gasteiger partial charge in [-0.3, -0.25) is 4.79 Å². The SMILES string of the molecule is CC1Oc2ccc(-c3cnc(CN)o3)cc2N(C)C1=O. The number of nitrogens with two attached hydrogens (primary N) is 1. The van der Waals surface area contributed by atoms with Crippen molar-refractivity contribution in [2.45, 2.75) is 19.6 Å². The van der Waals surface area contributed by atoms with Gasteiger partial charge in [-0.05, 0) is 25.1 Å². The average Bonchev–Trinajstić information content (AvgIpc) is 2.93. The highest BCUT2D eigenvalue weighted by molar-refractivity contribution is 5.99. The Hall–Kier alpha value is -2.34. The topological polar surface area (TPSA) is 81.6 Å². The van der Waals surface area contributed by atoms with Crippen molar-refractivity contribution >= 4 is 11.6 Å². The average molecular weight is 273 g/mol. The van der Waals surface area contributed by atoms with Crippen molar-refractivity contribution in [3.05, 3.63) is 30.3 Å². The van der Waals surface area contributed by atoms with Crippen molar-refractivity contribution in [1.82, 2.24) is 4.98 Å². The lowest BCUT2D eigenvalue weighted by Crippen LogP contribution is -2.41. The normalized spacial score (nSPS) is 17.9. The van der Waals surface area contributed by atoms with E-state index in [4.69, 9.17) is 14.9 Å². The fourth-order valence-corrected chi connectivity index (χ4v) is 2.20. The molecule has 1 unspecified atom stereocenters. The Morgan fingerprint density at radius 2 is 2.25 bits per heavy atom. The van der Waals surface area contributed by atoms with Crippen LogP contribution in [0.5, 0.6) is 5.75 Å². The maximum Gasteiger partial charge on any atom is 0.267 e. The van der Waals surface area contributed by atoms with Crippen LogP contribution in [-0.2, 0) is 11.3 Å². The number of oxazole rings is 1. The van der Waals surface area contributed by atoms with Gasteiger partial charge < -0.3 is 19.8 Å². The maximum atomic E-state index is 11.9. The molecule has 0 radical (unpaired) electrons. The minimum Gasteiger partial charge on any atom is -0.479 e. The molecule has 0 saturated heterocycles. The molecule has 104 valence electrons. The Balaban J connectivity index is 2.02. The number of rotatable bonds is 2. The van der Waals surface area contributed by atoms with E-state index >= 15 is 0 Å². The van der Waals surface area contributed by atoms with E-state index in [1.54, 1.807) is 25.1 Å². The van der Waals surface area contributed by atoms with Crippen molar-refractivity contribution in [3.63, 3.8) is 0 Å². The Labute approximate surface area is 116 Å². The predicted molar refractivity (Wildman–Crippen MR) is 73.3 cm³/mol. The van der Waals surface area contributed by atoms with E-state index in [-0.39, 0.29) is 12.5 Å². The van der Waals surface area contributed by atoms with Crippen LogP contribution in [0.25, 0.3) is 11.3 Å². The molecule has 6 nitrogen and oxygen atoms in total. The second-order valence-corrected chi connectivity index (χ2v) is 4.66. The highest BCUT2D eigenvalue weighted by Gasteiger charge is 2.29. The molecule has 20 heavy (non-hydrogen) atoms. The zero-order valence-electron chi connectivity index (χ0n) is 11.3. The predicted octanol–water partition coefficient (Wildman–Crippen LogP) is 1.54. The van der Waals surface area contributed by atoms with Crippen LogP contribution in [0, 0.1) is 0 Å². The minimum absolute atomic E-state index is 0.0742. The first-order valence-corrected chi connectivity index (χ1v) is 6.33. The molecule has 1 aliphatic heterocycles. The molecule has 2 heterocycles. The highest BCUT2D eigenvalue weighted by Crippen LogP contribution is 2.36. The van der Waals surface area contributed by atoms with Crippen molar-refractivity contribution in [1.29, 1.82) is 0 Å². The number of benzene rings is 1. The second kappa shape index (κ2) is 4.64. The summed E-state index contributed by atoms with van der Waals surface area (Å²) in [5.41, 5.74) is 7.02. The van der Waals surface area contributed by atoms with Gasteiger partial charge in [0.15, 0.2) is 11.9 Å². The summed E-state index contributed by atoms with van der Waals surface area (Å²) >= 11 is 0. The lowest BCUT2D eigenvalue weighted by atomic mass is 10.1. The maximum absolute atomic E-state index is 11.9. The largest absolute Gasteiger partial charge is 0.479 e. The number of hydrogen-bond donors (Lipinski definition) is 1. The third-order valence-electron chi connectivity index (χ3n) is 3.32. The van der Waals surface area contributed by atoms with Crippen molar-refractivity contribution in [3.8, 4) is 17.1 Å². The molecule has 1 aliphatic rings. The molecule has 1 amide bonds. The fraction of sp³-hybridized carbons (Fsp3) is 0.286. The minimum atomic E-state index is -0.465. The summed E-state index contributed by atoms with van der Waals surface area (Å²) in [6, 6.07) is 5.55. The fourth-order valence-electron chi connectivity index (χ4n) is 2.20. The van der Waals surface area contributed by atoms with Gasteiger partial charge in [0.25, 0.3) is 5.91 Å². The monoisotopic (exact) mass is 273 g/mol. The zero-order chi connectivity index (χ0) is 14.3. The van der Waals surface area contributed by atoms with Gasteiger partial charge in [-0.15, -0.1) is 0 Å². The first kappa shape index (κ1) is 12.7. The smallest absolute Gasteiger partial charge is 0.267 e. The molecular formula is C14H15N3O3. The highest BCUT2D eigenvalue weighted by atomic mass is 16.5. The molecule has 1 atom stereocenters. The molecule has 3 rings (SSSR count). The number of carbonyl (C=O) groups excluding carboxylic acids is 1. The van der Waals surface area contributed by atoms with Crippen LogP contribution in [0.15, 0.2) is 28.8 Å². The van der Waals surface area contributed by atoms with Gasteiger partial charge in [0.1, 0.15) is 5.75 Å². The van der Waals surface area contributed by atoms with E-state index in [1.165, 1.54) is 0 Å². The number of hydrogen-bond acceptors (Lipinski definition) is 5. The number of aromatic nitrogens is 1. The molecule has 2 N–H and O–H groups in total. The number of anilines is 1. The third kappa shape index (κ3) is 1.94. The number of fused-ring (bicyclic) bond motifs is 1. The molecule has 0 spiro atoms. The molecule has 0 fully saturated rings. The molecule has 1 aromatic carbocycles. The quantitative estimate of drug-likeness (QED) is 0.897. The van der Waals surface area contributed by atoms with E-state index in [2.05, 4.69) is 4.98 Å². The molecule has 0 aliphatic carbocycles. The molecule has 6 heteroatoms.